The van der Waals surface area contributed by atoms with Gasteiger partial charge in [0.05, 0.1) is 19.0 Å². The smallest absolute Gasteiger partial charge is 0.480 e. The number of aryl methyl sites for hydroxylation is 1. The number of rotatable bonds is 12. The summed E-state index contributed by atoms with van der Waals surface area (Å²) in [4.78, 5) is 24.0. The first-order chi connectivity index (χ1) is 18.0. The number of nitrogens with two attached hydrogens (primary N) is 1. The Morgan fingerprint density at radius 1 is 1.23 bits per heavy atom. The molecular formula is C23H31F3N7O5P. The average molecular weight is 574 g/mol. The van der Waals surface area contributed by atoms with E-state index in [0.717, 1.165) is 6.07 Å². The molecule has 0 amide bonds. The molecule has 2 heterocycles. The molecule has 0 aliphatic rings. The number of anilines is 1. The summed E-state index contributed by atoms with van der Waals surface area (Å²) in [6.07, 6.45) is -2.91. The van der Waals surface area contributed by atoms with E-state index in [0.29, 0.717) is 22.3 Å². The van der Waals surface area contributed by atoms with Crippen LogP contribution in [0.1, 0.15) is 44.9 Å². The van der Waals surface area contributed by atoms with E-state index < -0.39 is 43.8 Å². The van der Waals surface area contributed by atoms with Gasteiger partial charge in [-0.05, 0) is 57.9 Å². The quantitative estimate of drug-likeness (QED) is 0.232. The Balaban J connectivity index is 1.77. The second-order valence-corrected chi connectivity index (χ2v) is 11.9. The molecule has 16 heteroatoms. The highest BCUT2D eigenvalue weighted by molar-refractivity contribution is 7.59. The Morgan fingerprint density at radius 3 is 2.54 bits per heavy atom. The normalized spacial score (nSPS) is 15.6. The van der Waals surface area contributed by atoms with Crippen molar-refractivity contribution in [1.29, 1.82) is 0 Å². The number of fused-ring (bicyclic) bond motifs is 1. The number of ether oxygens (including phenoxy) is 2. The minimum atomic E-state index is -4.84. The predicted molar refractivity (Wildman–Crippen MR) is 137 cm³/mol. The molecule has 0 saturated carbocycles. The van der Waals surface area contributed by atoms with Crippen molar-refractivity contribution < 1.29 is 37.1 Å². The molecule has 2 aromatic heterocycles. The van der Waals surface area contributed by atoms with Crippen molar-refractivity contribution >= 4 is 30.4 Å². The van der Waals surface area contributed by atoms with Crippen LogP contribution < -0.4 is 20.6 Å². The first kappa shape index (κ1) is 30.3. The van der Waals surface area contributed by atoms with Crippen molar-refractivity contribution in [3.8, 4) is 5.75 Å². The summed E-state index contributed by atoms with van der Waals surface area (Å²) >= 11 is 0. The summed E-state index contributed by atoms with van der Waals surface area (Å²) in [5.41, 5.74) is 6.13. The van der Waals surface area contributed by atoms with Gasteiger partial charge in [-0.2, -0.15) is 0 Å². The predicted octanol–water partition coefficient (Wildman–Crippen LogP) is 3.97. The lowest BCUT2D eigenvalue weighted by Crippen LogP contribution is -2.48. The number of nitrogens with zero attached hydrogens (tertiary/aromatic N) is 4. The zero-order valence-corrected chi connectivity index (χ0v) is 22.9. The van der Waals surface area contributed by atoms with Crippen molar-refractivity contribution in [3.05, 3.63) is 42.0 Å². The van der Waals surface area contributed by atoms with Gasteiger partial charge in [0.15, 0.2) is 11.5 Å². The third kappa shape index (κ3) is 7.88. The van der Waals surface area contributed by atoms with Gasteiger partial charge in [0.1, 0.15) is 29.5 Å². The Hall–Kier alpha value is -3.26. The number of halogens is 3. The van der Waals surface area contributed by atoms with E-state index in [9.17, 15) is 27.6 Å². The van der Waals surface area contributed by atoms with E-state index in [-0.39, 0.29) is 18.1 Å². The van der Waals surface area contributed by atoms with Gasteiger partial charge in [-0.15, -0.1) is 13.2 Å². The van der Waals surface area contributed by atoms with Crippen molar-refractivity contribution in [2.75, 3.05) is 12.1 Å². The molecule has 5 N–H and O–H groups in total. The summed E-state index contributed by atoms with van der Waals surface area (Å²) < 4.78 is 63.3. The molecule has 12 nitrogen and oxygen atoms in total. The number of carboxylic acids is 1. The fraction of sp³-hybridized carbons (Fsp3) is 0.478. The minimum absolute atomic E-state index is 0.225. The van der Waals surface area contributed by atoms with Crippen LogP contribution in [0.3, 0.4) is 0 Å². The Kier molecular flexibility index (Phi) is 8.90. The molecule has 3 aromatic rings. The molecule has 0 radical (unpaired) electrons. The highest BCUT2D eigenvalue weighted by atomic mass is 31.2. The SMILES string of the molecule is Cc1cc(OC(F)(F)F)ccc1[C@@H](C)N[P@](=O)(CO[C@H](C)Cn1cnc2c(N)ncnc21)NC(C)(C)C(=O)O. The van der Waals surface area contributed by atoms with Gasteiger partial charge in [-0.25, -0.2) is 25.1 Å². The average Bonchev–Trinajstić information content (AvgIpc) is 3.20. The fourth-order valence-electron chi connectivity index (χ4n) is 3.91. The van der Waals surface area contributed by atoms with E-state index >= 15 is 0 Å². The van der Waals surface area contributed by atoms with Gasteiger partial charge in [-0.1, -0.05) is 6.07 Å². The highest BCUT2D eigenvalue weighted by Gasteiger charge is 2.38. The molecule has 0 saturated heterocycles. The van der Waals surface area contributed by atoms with Crippen LogP contribution in [-0.4, -0.2) is 54.9 Å². The number of carboxylic acid groups (broad SMARTS) is 1. The molecule has 0 fully saturated rings. The van der Waals surface area contributed by atoms with Gasteiger partial charge < -0.3 is 24.9 Å². The number of hydrogen-bond donors (Lipinski definition) is 4. The minimum Gasteiger partial charge on any atom is -0.480 e. The van der Waals surface area contributed by atoms with E-state index in [2.05, 4.69) is 29.9 Å². The molecule has 0 unspecified atom stereocenters. The number of aliphatic carboxylic acids is 1. The van der Waals surface area contributed by atoms with Crippen LogP contribution in [0.5, 0.6) is 5.75 Å². The number of aromatic nitrogens is 4. The Bertz CT molecular complexity index is 1380. The lowest BCUT2D eigenvalue weighted by atomic mass is 10.0. The van der Waals surface area contributed by atoms with E-state index in [1.165, 1.54) is 38.6 Å². The summed E-state index contributed by atoms with van der Waals surface area (Å²) in [6.45, 7) is 7.95. The maximum atomic E-state index is 14.0. The maximum Gasteiger partial charge on any atom is 0.573 e. The third-order valence-corrected chi connectivity index (χ3v) is 8.00. The van der Waals surface area contributed by atoms with Gasteiger partial charge >= 0.3 is 12.3 Å². The molecule has 214 valence electrons. The number of alkyl halides is 3. The van der Waals surface area contributed by atoms with Crippen molar-refractivity contribution in [2.45, 2.75) is 65.2 Å². The van der Waals surface area contributed by atoms with Crippen LogP contribution in [0, 0.1) is 6.92 Å². The Morgan fingerprint density at radius 2 is 1.92 bits per heavy atom. The van der Waals surface area contributed by atoms with Crippen LogP contribution in [0.15, 0.2) is 30.9 Å². The first-order valence-electron chi connectivity index (χ1n) is 11.8. The molecule has 0 aliphatic carbocycles. The molecule has 39 heavy (non-hydrogen) atoms. The second kappa shape index (κ2) is 11.5. The number of benzene rings is 1. The van der Waals surface area contributed by atoms with Gasteiger partial charge in [0.2, 0.25) is 7.44 Å². The van der Waals surface area contributed by atoms with Crippen LogP contribution in [0.2, 0.25) is 0 Å². The molecule has 3 rings (SSSR count). The lowest BCUT2D eigenvalue weighted by molar-refractivity contribution is -0.274. The summed E-state index contributed by atoms with van der Waals surface area (Å²) in [6, 6.07) is 3.12. The van der Waals surface area contributed by atoms with E-state index in [1.54, 1.807) is 25.3 Å². The van der Waals surface area contributed by atoms with E-state index in [1.807, 2.05) is 0 Å². The van der Waals surface area contributed by atoms with Crippen molar-refractivity contribution in [2.24, 2.45) is 0 Å². The zero-order chi connectivity index (χ0) is 29.2. The summed E-state index contributed by atoms with van der Waals surface area (Å²) in [5, 5.41) is 15.2. The van der Waals surface area contributed by atoms with Crippen molar-refractivity contribution in [3.63, 3.8) is 0 Å². The monoisotopic (exact) mass is 573 g/mol. The molecule has 0 bridgehead atoms. The summed E-state index contributed by atoms with van der Waals surface area (Å²) in [5.74, 6) is -1.40. The zero-order valence-electron chi connectivity index (χ0n) is 22.0. The molecule has 0 spiro atoms. The van der Waals surface area contributed by atoms with Crippen LogP contribution in [0.25, 0.3) is 11.2 Å². The summed E-state index contributed by atoms with van der Waals surface area (Å²) in [7, 11) is -3.77. The van der Waals surface area contributed by atoms with E-state index in [4.69, 9.17) is 10.5 Å². The topological polar surface area (TPSA) is 167 Å². The third-order valence-electron chi connectivity index (χ3n) is 5.76. The molecular weight excluding hydrogens is 542 g/mol. The Labute approximate surface area is 222 Å². The van der Waals surface area contributed by atoms with Gasteiger partial charge in [-0.3, -0.25) is 9.36 Å². The van der Waals surface area contributed by atoms with Crippen LogP contribution in [-0.2, 0) is 20.6 Å². The van der Waals surface area contributed by atoms with Gasteiger partial charge in [0.25, 0.3) is 0 Å². The van der Waals surface area contributed by atoms with Crippen LogP contribution >= 0.6 is 7.44 Å². The van der Waals surface area contributed by atoms with Crippen molar-refractivity contribution in [1.82, 2.24) is 29.7 Å². The maximum absolute atomic E-state index is 14.0. The largest absolute Gasteiger partial charge is 0.573 e. The lowest BCUT2D eigenvalue weighted by Gasteiger charge is -2.32. The number of hydrogen-bond acceptors (Lipinski definition) is 8. The molecule has 1 aromatic carbocycles. The second-order valence-electron chi connectivity index (χ2n) is 9.63. The van der Waals surface area contributed by atoms with Gasteiger partial charge in [0, 0.05) is 6.04 Å². The number of nitrogen functional groups attached to an aromatic ring is 1. The standard InChI is InChI=1S/C23H31F3N7O5P/c1-13-8-16(38-23(24,25)26)6-7-17(13)15(3)31-39(36,32-22(4,5)21(34)35)12-37-14(2)9-33-11-30-18-19(27)28-10-29-20(18)33/h6-8,10-11,14-15H,9,12H2,1-5H3,(H,34,35)(H2,27,28,29)(H2,31,32,36)/t14-,15-,39-/m1/s1. The molecule has 3 atom stereocenters. The highest BCUT2D eigenvalue weighted by Crippen LogP contribution is 2.43. The first-order valence-corrected chi connectivity index (χ1v) is 13.7. The fourth-order valence-corrected chi connectivity index (χ4v) is 6.34. The van der Waals surface area contributed by atoms with Crippen LogP contribution in [0.4, 0.5) is 19.0 Å². The number of nitrogens with one attached hydrogen (secondary N) is 2. The molecule has 0 aliphatic heterocycles. The number of imidazole rings is 1. The number of carbonyl (C=O) groups is 1.